The summed E-state index contributed by atoms with van der Waals surface area (Å²) < 4.78 is 63.4. The quantitative estimate of drug-likeness (QED) is 0.804. The van der Waals surface area contributed by atoms with E-state index in [1.807, 2.05) is 0 Å². The number of alkyl halides is 3. The summed E-state index contributed by atoms with van der Waals surface area (Å²) in [7, 11) is -3.17. The zero-order chi connectivity index (χ0) is 13.6. The van der Waals surface area contributed by atoms with E-state index in [9.17, 15) is 21.6 Å². The minimum atomic E-state index is -4.73. The van der Waals surface area contributed by atoms with Crippen LogP contribution in [0.2, 0.25) is 0 Å². The molecular weight excluding hydrogens is 275 g/mol. The van der Waals surface area contributed by atoms with Crippen molar-refractivity contribution in [1.29, 1.82) is 0 Å². The van der Waals surface area contributed by atoms with Crippen molar-refractivity contribution < 1.29 is 26.1 Å². The summed E-state index contributed by atoms with van der Waals surface area (Å²) in [6.07, 6.45) is -4.78. The molecule has 1 aliphatic rings. The number of aromatic nitrogens is 2. The van der Waals surface area contributed by atoms with Crippen LogP contribution in [0.15, 0.2) is 4.52 Å². The fourth-order valence-electron chi connectivity index (χ4n) is 1.67. The molecule has 18 heavy (non-hydrogen) atoms. The summed E-state index contributed by atoms with van der Waals surface area (Å²) in [6.45, 7) is 0. The second kappa shape index (κ2) is 3.92. The van der Waals surface area contributed by atoms with E-state index in [-0.39, 0.29) is 30.2 Å². The first-order valence-corrected chi connectivity index (χ1v) is 6.85. The summed E-state index contributed by atoms with van der Waals surface area (Å²) in [6, 6.07) is 0. The van der Waals surface area contributed by atoms with Gasteiger partial charge in [0, 0.05) is 0 Å². The molecule has 2 heterocycles. The Morgan fingerprint density at radius 3 is 2.28 bits per heavy atom. The molecule has 0 bridgehead atoms. The number of nitrogens with zero attached hydrogens (tertiary/aromatic N) is 2. The van der Waals surface area contributed by atoms with Gasteiger partial charge >= 0.3 is 12.1 Å². The number of rotatable bonds is 1. The topological polar surface area (TPSA) is 99.1 Å². The van der Waals surface area contributed by atoms with E-state index in [1.165, 1.54) is 0 Å². The average Bonchev–Trinajstić information content (AvgIpc) is 2.72. The van der Waals surface area contributed by atoms with Gasteiger partial charge in [0.2, 0.25) is 0 Å². The number of sulfone groups is 1. The Hall–Kier alpha value is -1.16. The van der Waals surface area contributed by atoms with Gasteiger partial charge in [-0.2, -0.15) is 18.2 Å². The van der Waals surface area contributed by atoms with Crippen LogP contribution in [0.4, 0.5) is 13.2 Å². The third kappa shape index (κ3) is 2.48. The van der Waals surface area contributed by atoms with E-state index < -0.39 is 27.4 Å². The standard InChI is InChI=1S/C8H10F3N3O3S/c9-8(10,11)6-13-5(14-17-6)7(12)1-3-18(15,16)4-2-7/h1-4,12H2. The van der Waals surface area contributed by atoms with Gasteiger partial charge < -0.3 is 10.3 Å². The second-order valence-electron chi connectivity index (χ2n) is 4.23. The van der Waals surface area contributed by atoms with Crippen LogP contribution in [0.1, 0.15) is 24.6 Å². The molecule has 1 aromatic rings. The largest absolute Gasteiger partial charge is 0.471 e. The van der Waals surface area contributed by atoms with Crippen LogP contribution >= 0.6 is 0 Å². The highest BCUT2D eigenvalue weighted by molar-refractivity contribution is 7.91. The van der Waals surface area contributed by atoms with Gasteiger partial charge in [-0.1, -0.05) is 5.16 Å². The monoisotopic (exact) mass is 285 g/mol. The SMILES string of the molecule is NC1(c2noc(C(F)(F)F)n2)CCS(=O)(=O)CC1. The third-order valence-electron chi connectivity index (χ3n) is 2.83. The van der Waals surface area contributed by atoms with Gasteiger partial charge in [-0.05, 0) is 12.8 Å². The molecule has 102 valence electrons. The Morgan fingerprint density at radius 2 is 1.83 bits per heavy atom. The van der Waals surface area contributed by atoms with Crippen molar-refractivity contribution in [1.82, 2.24) is 10.1 Å². The van der Waals surface area contributed by atoms with Crippen LogP contribution < -0.4 is 5.73 Å². The Morgan fingerprint density at radius 1 is 1.28 bits per heavy atom. The van der Waals surface area contributed by atoms with Crippen LogP contribution in [-0.4, -0.2) is 30.1 Å². The first kappa shape index (κ1) is 13.3. The molecule has 6 nitrogen and oxygen atoms in total. The smallest absolute Gasteiger partial charge is 0.329 e. The lowest BCUT2D eigenvalue weighted by atomic mass is 9.93. The predicted molar refractivity (Wildman–Crippen MR) is 53.1 cm³/mol. The molecule has 0 amide bonds. The van der Waals surface area contributed by atoms with Gasteiger partial charge in [-0.15, -0.1) is 0 Å². The molecule has 2 N–H and O–H groups in total. The normalized spacial score (nSPS) is 22.9. The molecule has 0 saturated carbocycles. The molecule has 0 aliphatic carbocycles. The van der Waals surface area contributed by atoms with Gasteiger partial charge in [0.1, 0.15) is 9.84 Å². The molecule has 0 aromatic carbocycles. The van der Waals surface area contributed by atoms with Gasteiger partial charge in [0.25, 0.3) is 0 Å². The molecular formula is C8H10F3N3O3S. The van der Waals surface area contributed by atoms with Gasteiger partial charge in [-0.3, -0.25) is 0 Å². The zero-order valence-electron chi connectivity index (χ0n) is 9.07. The minimum absolute atomic E-state index is 0.0217. The second-order valence-corrected chi connectivity index (χ2v) is 6.53. The van der Waals surface area contributed by atoms with E-state index >= 15 is 0 Å². The van der Waals surface area contributed by atoms with E-state index in [1.54, 1.807) is 0 Å². The maximum atomic E-state index is 12.3. The highest BCUT2D eigenvalue weighted by atomic mass is 32.2. The number of hydrogen-bond donors (Lipinski definition) is 1. The molecule has 1 aromatic heterocycles. The summed E-state index contributed by atoms with van der Waals surface area (Å²) >= 11 is 0. The van der Waals surface area contributed by atoms with Crippen LogP contribution in [-0.2, 0) is 21.6 Å². The van der Waals surface area contributed by atoms with E-state index in [4.69, 9.17) is 5.73 Å². The molecule has 10 heteroatoms. The summed E-state index contributed by atoms with van der Waals surface area (Å²) in [5, 5.41) is 3.20. The first-order valence-electron chi connectivity index (χ1n) is 5.03. The lowest BCUT2D eigenvalue weighted by Gasteiger charge is -2.29. The van der Waals surface area contributed by atoms with Crippen molar-refractivity contribution in [3.05, 3.63) is 11.7 Å². The molecule has 0 atom stereocenters. The van der Waals surface area contributed by atoms with E-state index in [0.29, 0.717) is 0 Å². The van der Waals surface area contributed by atoms with E-state index in [2.05, 4.69) is 14.7 Å². The number of hydrogen-bond acceptors (Lipinski definition) is 6. The highest BCUT2D eigenvalue weighted by Gasteiger charge is 2.43. The molecule has 1 fully saturated rings. The van der Waals surface area contributed by atoms with Crippen molar-refractivity contribution in [2.24, 2.45) is 5.73 Å². The lowest BCUT2D eigenvalue weighted by Crippen LogP contribution is -2.45. The Balaban J connectivity index is 2.24. The first-order chi connectivity index (χ1) is 8.12. The average molecular weight is 285 g/mol. The maximum absolute atomic E-state index is 12.3. The molecule has 0 unspecified atom stereocenters. The summed E-state index contributed by atoms with van der Waals surface area (Å²) in [5.41, 5.74) is 4.56. The molecule has 2 rings (SSSR count). The number of halogens is 3. The molecule has 0 spiro atoms. The summed E-state index contributed by atoms with van der Waals surface area (Å²) in [5.74, 6) is -2.17. The Labute approximate surface area is 100 Å². The molecule has 0 radical (unpaired) electrons. The van der Waals surface area contributed by atoms with Crippen LogP contribution in [0.25, 0.3) is 0 Å². The van der Waals surface area contributed by atoms with Crippen molar-refractivity contribution in [2.75, 3.05) is 11.5 Å². The fraction of sp³-hybridized carbons (Fsp3) is 0.750. The molecule has 1 saturated heterocycles. The van der Waals surface area contributed by atoms with Gasteiger partial charge in [0.15, 0.2) is 5.82 Å². The minimum Gasteiger partial charge on any atom is -0.329 e. The van der Waals surface area contributed by atoms with E-state index in [0.717, 1.165) is 0 Å². The van der Waals surface area contributed by atoms with Crippen molar-refractivity contribution in [2.45, 2.75) is 24.6 Å². The zero-order valence-corrected chi connectivity index (χ0v) is 9.88. The van der Waals surface area contributed by atoms with Gasteiger partial charge in [-0.25, -0.2) is 8.42 Å². The lowest BCUT2D eigenvalue weighted by molar-refractivity contribution is -0.159. The van der Waals surface area contributed by atoms with Crippen LogP contribution in [0.5, 0.6) is 0 Å². The van der Waals surface area contributed by atoms with Crippen LogP contribution in [0.3, 0.4) is 0 Å². The fourth-order valence-corrected chi connectivity index (χ4v) is 3.22. The summed E-state index contributed by atoms with van der Waals surface area (Å²) in [4.78, 5) is 3.20. The third-order valence-corrected chi connectivity index (χ3v) is 4.48. The van der Waals surface area contributed by atoms with Crippen molar-refractivity contribution in [3.63, 3.8) is 0 Å². The highest BCUT2D eigenvalue weighted by Crippen LogP contribution is 2.33. The van der Waals surface area contributed by atoms with Gasteiger partial charge in [0.05, 0.1) is 17.0 Å². The Kier molecular flexibility index (Phi) is 2.89. The number of nitrogens with two attached hydrogens (primary N) is 1. The van der Waals surface area contributed by atoms with Crippen LogP contribution in [0, 0.1) is 0 Å². The maximum Gasteiger partial charge on any atom is 0.471 e. The Bertz CT molecular complexity index is 537. The molecule has 1 aliphatic heterocycles. The predicted octanol–water partition coefficient (Wildman–Crippen LogP) is 0.451. The van der Waals surface area contributed by atoms with Crippen molar-refractivity contribution in [3.8, 4) is 0 Å². The van der Waals surface area contributed by atoms with Crippen molar-refractivity contribution >= 4 is 9.84 Å².